The summed E-state index contributed by atoms with van der Waals surface area (Å²) < 4.78 is 48.9. The highest BCUT2D eigenvalue weighted by Crippen LogP contribution is 2.34. The molecule has 2 amide bonds. The molecule has 1 aliphatic heterocycles. The highest BCUT2D eigenvalue weighted by molar-refractivity contribution is 5.96. The summed E-state index contributed by atoms with van der Waals surface area (Å²) in [5.74, 6) is -4.02. The monoisotopic (exact) mass is 423 g/mol. The zero-order valence-electron chi connectivity index (χ0n) is 18.0. The lowest BCUT2D eigenvalue weighted by molar-refractivity contribution is -0.169. The Bertz CT molecular complexity index is 598. The highest BCUT2D eigenvalue weighted by Gasteiger charge is 2.46. The van der Waals surface area contributed by atoms with E-state index in [4.69, 9.17) is 9.47 Å². The summed E-state index contributed by atoms with van der Waals surface area (Å²) in [5.41, 5.74) is -0.916. The van der Waals surface area contributed by atoms with Gasteiger partial charge in [-0.05, 0) is 39.5 Å². The van der Waals surface area contributed by atoms with Crippen molar-refractivity contribution in [2.45, 2.75) is 85.0 Å². The van der Waals surface area contributed by atoms with Crippen LogP contribution in [0, 0.1) is 17.8 Å². The Hall–Kier alpha value is -1.80. The van der Waals surface area contributed by atoms with Crippen LogP contribution in [0.3, 0.4) is 0 Å². The number of imide groups is 1. The van der Waals surface area contributed by atoms with E-state index in [2.05, 4.69) is 0 Å². The van der Waals surface area contributed by atoms with E-state index in [-0.39, 0.29) is 18.9 Å². The average Bonchev–Trinajstić information content (AvgIpc) is 2.92. The number of carbonyl (C=O) groups excluding carboxylic acids is 3. The molecule has 3 atom stereocenters. The first-order valence-electron chi connectivity index (χ1n) is 9.97. The van der Waals surface area contributed by atoms with E-state index in [1.807, 2.05) is 13.8 Å². The second kappa shape index (κ2) is 9.80. The second-order valence-electron chi connectivity index (χ2n) is 8.79. The topological polar surface area (TPSA) is 72.9 Å². The normalized spacial score (nSPS) is 19.9. The lowest BCUT2D eigenvalue weighted by Gasteiger charge is -2.32. The number of amides is 2. The lowest BCUT2D eigenvalue weighted by Crippen LogP contribution is -2.48. The Morgan fingerprint density at radius 1 is 1.17 bits per heavy atom. The Kier molecular flexibility index (Phi) is 8.53. The molecule has 1 fully saturated rings. The van der Waals surface area contributed by atoms with Crippen LogP contribution < -0.4 is 0 Å². The van der Waals surface area contributed by atoms with E-state index in [9.17, 15) is 27.6 Å². The largest absolute Gasteiger partial charge is 0.460 e. The molecule has 1 saturated heterocycles. The number of cyclic esters (lactones) is 1. The fourth-order valence-corrected chi connectivity index (χ4v) is 3.35. The third-order valence-electron chi connectivity index (χ3n) is 4.76. The van der Waals surface area contributed by atoms with Gasteiger partial charge in [0.15, 0.2) is 0 Å². The third-order valence-corrected chi connectivity index (χ3v) is 4.76. The predicted octanol–water partition coefficient (Wildman–Crippen LogP) is 4.71. The first kappa shape index (κ1) is 25.2. The molecule has 1 aliphatic rings. The zero-order valence-corrected chi connectivity index (χ0v) is 18.0. The number of rotatable bonds is 8. The van der Waals surface area contributed by atoms with Gasteiger partial charge in [-0.1, -0.05) is 27.2 Å². The minimum atomic E-state index is -4.48. The van der Waals surface area contributed by atoms with Gasteiger partial charge < -0.3 is 9.47 Å². The van der Waals surface area contributed by atoms with Crippen LogP contribution in [0.25, 0.3) is 0 Å². The van der Waals surface area contributed by atoms with Crippen LogP contribution >= 0.6 is 0 Å². The maximum absolute atomic E-state index is 13.2. The maximum Gasteiger partial charge on any atom is 0.416 e. The smallest absolute Gasteiger partial charge is 0.416 e. The van der Waals surface area contributed by atoms with Gasteiger partial charge in [0.1, 0.15) is 12.2 Å². The van der Waals surface area contributed by atoms with E-state index in [0.29, 0.717) is 6.42 Å². The van der Waals surface area contributed by atoms with E-state index in [1.54, 1.807) is 27.7 Å². The standard InChI is InChI=1S/C20H32F3NO5/c1-7-8-13(16(25)24-15(12(2)3)11-28-18(24)27)14(9-10-20(21,22)23)17(26)29-19(4,5)6/h12-15H,7-11H2,1-6H3/t13-,14?,15-/m1/s1. The van der Waals surface area contributed by atoms with Gasteiger partial charge in [0.2, 0.25) is 5.91 Å². The van der Waals surface area contributed by atoms with Crippen molar-refractivity contribution >= 4 is 18.0 Å². The van der Waals surface area contributed by atoms with Crippen molar-refractivity contribution in [1.29, 1.82) is 0 Å². The first-order chi connectivity index (χ1) is 13.2. The van der Waals surface area contributed by atoms with Crippen LogP contribution in [0.4, 0.5) is 18.0 Å². The molecule has 9 heteroatoms. The van der Waals surface area contributed by atoms with Gasteiger partial charge in [0.25, 0.3) is 0 Å². The van der Waals surface area contributed by atoms with Crippen molar-refractivity contribution in [3.8, 4) is 0 Å². The van der Waals surface area contributed by atoms with Gasteiger partial charge in [-0.15, -0.1) is 0 Å². The molecular formula is C20H32F3NO5. The highest BCUT2D eigenvalue weighted by atomic mass is 19.4. The van der Waals surface area contributed by atoms with E-state index < -0.39 is 60.5 Å². The third kappa shape index (κ3) is 7.51. The number of esters is 1. The number of nitrogens with zero attached hydrogens (tertiary/aromatic N) is 1. The molecule has 0 saturated carbocycles. The zero-order chi connectivity index (χ0) is 22.6. The fourth-order valence-electron chi connectivity index (χ4n) is 3.35. The van der Waals surface area contributed by atoms with Crippen LogP contribution in [0.15, 0.2) is 0 Å². The van der Waals surface area contributed by atoms with E-state index in [1.165, 1.54) is 0 Å². The van der Waals surface area contributed by atoms with E-state index in [0.717, 1.165) is 4.90 Å². The first-order valence-corrected chi connectivity index (χ1v) is 9.97. The number of hydrogen-bond acceptors (Lipinski definition) is 5. The van der Waals surface area contributed by atoms with Crippen molar-refractivity contribution in [2.75, 3.05) is 6.61 Å². The molecule has 0 aromatic heterocycles. The summed E-state index contributed by atoms with van der Waals surface area (Å²) in [6.45, 7) is 10.2. The minimum absolute atomic E-state index is 0.0285. The SMILES string of the molecule is CCC[C@@H](C(=O)N1C(=O)OC[C@@H]1C(C)C)C(CCC(F)(F)F)C(=O)OC(C)(C)C. The molecule has 29 heavy (non-hydrogen) atoms. The van der Waals surface area contributed by atoms with Crippen molar-refractivity contribution in [1.82, 2.24) is 4.90 Å². The summed E-state index contributed by atoms with van der Waals surface area (Å²) in [6, 6.07) is -0.517. The summed E-state index contributed by atoms with van der Waals surface area (Å²) >= 11 is 0. The number of carbonyl (C=O) groups is 3. The maximum atomic E-state index is 13.2. The fraction of sp³-hybridized carbons (Fsp3) is 0.850. The molecule has 0 aromatic rings. The van der Waals surface area contributed by atoms with Crippen LogP contribution in [0.5, 0.6) is 0 Å². The molecule has 0 bridgehead atoms. The lowest BCUT2D eigenvalue weighted by atomic mass is 9.83. The molecule has 6 nitrogen and oxygen atoms in total. The molecule has 1 unspecified atom stereocenters. The summed E-state index contributed by atoms with van der Waals surface area (Å²) in [5, 5.41) is 0. The van der Waals surface area contributed by atoms with Crippen LogP contribution in [-0.4, -0.2) is 47.3 Å². The Morgan fingerprint density at radius 3 is 2.21 bits per heavy atom. The number of halogens is 3. The number of ether oxygens (including phenoxy) is 2. The molecule has 0 N–H and O–H groups in total. The summed E-state index contributed by atoms with van der Waals surface area (Å²) in [7, 11) is 0. The quantitative estimate of drug-likeness (QED) is 0.529. The van der Waals surface area contributed by atoms with Crippen molar-refractivity contribution in [3.63, 3.8) is 0 Å². The predicted molar refractivity (Wildman–Crippen MR) is 99.8 cm³/mol. The number of hydrogen-bond donors (Lipinski definition) is 0. The molecular weight excluding hydrogens is 391 g/mol. The molecule has 1 heterocycles. The van der Waals surface area contributed by atoms with Crippen LogP contribution in [0.2, 0.25) is 0 Å². The summed E-state index contributed by atoms with van der Waals surface area (Å²) in [6.07, 6.45) is -6.49. The summed E-state index contributed by atoms with van der Waals surface area (Å²) in [4.78, 5) is 39.1. The second-order valence-corrected chi connectivity index (χ2v) is 8.79. The van der Waals surface area contributed by atoms with E-state index >= 15 is 0 Å². The van der Waals surface area contributed by atoms with Gasteiger partial charge in [0, 0.05) is 6.42 Å². The molecule has 0 radical (unpaired) electrons. The Labute approximate surface area is 170 Å². The van der Waals surface area contributed by atoms with Crippen molar-refractivity contribution in [2.24, 2.45) is 17.8 Å². The van der Waals surface area contributed by atoms with Gasteiger partial charge in [0.05, 0.1) is 17.9 Å². The van der Waals surface area contributed by atoms with Crippen molar-refractivity contribution in [3.05, 3.63) is 0 Å². The Morgan fingerprint density at radius 2 is 1.76 bits per heavy atom. The van der Waals surface area contributed by atoms with Crippen molar-refractivity contribution < 1.29 is 37.0 Å². The minimum Gasteiger partial charge on any atom is -0.460 e. The van der Waals surface area contributed by atoms with Gasteiger partial charge >= 0.3 is 18.2 Å². The van der Waals surface area contributed by atoms with Crippen LogP contribution in [-0.2, 0) is 19.1 Å². The molecule has 168 valence electrons. The van der Waals surface area contributed by atoms with Gasteiger partial charge in [-0.3, -0.25) is 9.59 Å². The molecule has 0 spiro atoms. The molecule has 0 aliphatic carbocycles. The Balaban J connectivity index is 3.23. The molecule has 0 aromatic carbocycles. The average molecular weight is 423 g/mol. The molecule has 1 rings (SSSR count). The van der Waals surface area contributed by atoms with Gasteiger partial charge in [-0.2, -0.15) is 13.2 Å². The number of alkyl halides is 3. The van der Waals surface area contributed by atoms with Gasteiger partial charge in [-0.25, -0.2) is 9.69 Å². The van der Waals surface area contributed by atoms with Crippen LogP contribution in [0.1, 0.15) is 67.2 Å².